The van der Waals surface area contributed by atoms with Crippen LogP contribution >= 0.6 is 11.6 Å². The normalized spacial score (nSPS) is 20.1. The summed E-state index contributed by atoms with van der Waals surface area (Å²) in [6, 6.07) is 2.58. The fraction of sp³-hybridized carbons (Fsp3) is 0.667. The lowest BCUT2D eigenvalue weighted by molar-refractivity contribution is 0.102. The van der Waals surface area contributed by atoms with E-state index in [9.17, 15) is 4.79 Å². The lowest BCUT2D eigenvalue weighted by Crippen LogP contribution is -2.33. The number of aromatic nitrogens is 1. The Kier molecular flexibility index (Phi) is 4.69. The van der Waals surface area contributed by atoms with Crippen LogP contribution in [0.2, 0.25) is 0 Å². The molecule has 19 heavy (non-hydrogen) atoms. The van der Waals surface area contributed by atoms with Gasteiger partial charge in [-0.15, -0.1) is 11.6 Å². The van der Waals surface area contributed by atoms with E-state index in [1.54, 1.807) is 0 Å². The van der Waals surface area contributed by atoms with Gasteiger partial charge >= 0.3 is 0 Å². The van der Waals surface area contributed by atoms with Crippen LogP contribution in [0.4, 0.5) is 0 Å². The molecule has 0 radical (unpaired) electrons. The van der Waals surface area contributed by atoms with E-state index in [2.05, 4.69) is 23.3 Å². The summed E-state index contributed by atoms with van der Waals surface area (Å²) in [5, 5.41) is 0. The van der Waals surface area contributed by atoms with Crippen LogP contribution in [0.25, 0.3) is 0 Å². The minimum Gasteiger partial charge on any atom is -0.347 e. The van der Waals surface area contributed by atoms with E-state index in [0.717, 1.165) is 30.0 Å². The largest absolute Gasteiger partial charge is 0.347 e. The monoisotopic (exact) mass is 282 g/mol. The number of carbonyl (C=O) groups excluding carboxylic acids is 1. The molecule has 106 valence electrons. The molecule has 1 aromatic rings. The van der Waals surface area contributed by atoms with Gasteiger partial charge in [-0.1, -0.05) is 6.92 Å². The number of hydrogen-bond acceptors (Lipinski definition) is 2. The van der Waals surface area contributed by atoms with Crippen LogP contribution in [0.3, 0.4) is 0 Å². The Morgan fingerprint density at radius 2 is 2.21 bits per heavy atom. The summed E-state index contributed by atoms with van der Waals surface area (Å²) in [6.07, 6.45) is 2.54. The first-order valence-electron chi connectivity index (χ1n) is 7.08. The molecule has 1 fully saturated rings. The van der Waals surface area contributed by atoms with Gasteiger partial charge in [0.25, 0.3) is 0 Å². The van der Waals surface area contributed by atoms with E-state index in [1.807, 2.05) is 13.0 Å². The molecule has 1 aliphatic rings. The maximum absolute atomic E-state index is 11.8. The Balaban J connectivity index is 2.21. The maximum Gasteiger partial charge on any atom is 0.179 e. The van der Waals surface area contributed by atoms with Crippen molar-refractivity contribution in [1.82, 2.24) is 9.47 Å². The lowest BCUT2D eigenvalue weighted by Gasteiger charge is -2.24. The van der Waals surface area contributed by atoms with Crippen molar-refractivity contribution in [2.24, 2.45) is 0 Å². The number of carbonyl (C=O) groups is 1. The maximum atomic E-state index is 11.8. The Hall–Kier alpha value is -0.800. The van der Waals surface area contributed by atoms with Crippen LogP contribution in [-0.2, 0) is 6.54 Å². The van der Waals surface area contributed by atoms with Crippen molar-refractivity contribution in [3.63, 3.8) is 0 Å². The molecule has 1 aromatic heterocycles. The first-order valence-corrected chi connectivity index (χ1v) is 7.61. The van der Waals surface area contributed by atoms with Crippen LogP contribution in [-0.4, -0.2) is 40.3 Å². The Morgan fingerprint density at radius 3 is 2.84 bits per heavy atom. The number of hydrogen-bond donors (Lipinski definition) is 0. The van der Waals surface area contributed by atoms with Gasteiger partial charge < -0.3 is 4.57 Å². The van der Waals surface area contributed by atoms with E-state index in [0.29, 0.717) is 6.04 Å². The summed E-state index contributed by atoms with van der Waals surface area (Å²) >= 11 is 5.67. The molecule has 0 amide bonds. The summed E-state index contributed by atoms with van der Waals surface area (Å²) < 4.78 is 2.28. The molecule has 2 heterocycles. The van der Waals surface area contributed by atoms with Gasteiger partial charge in [-0.3, -0.25) is 9.69 Å². The van der Waals surface area contributed by atoms with Gasteiger partial charge in [-0.2, -0.15) is 0 Å². The fourth-order valence-corrected chi connectivity index (χ4v) is 3.31. The molecule has 3 nitrogen and oxygen atoms in total. The van der Waals surface area contributed by atoms with Crippen LogP contribution in [0, 0.1) is 13.8 Å². The number of likely N-dealkylation sites (tertiary alicyclic amines) is 1. The number of Topliss-reactive ketones (excluding diaryl/α,β-unsaturated/α-hetero) is 1. The number of rotatable bonds is 5. The fourth-order valence-electron chi connectivity index (χ4n) is 3.17. The predicted molar refractivity (Wildman–Crippen MR) is 79.2 cm³/mol. The Bertz CT molecular complexity index is 467. The molecule has 0 N–H and O–H groups in total. The molecule has 1 saturated heterocycles. The molecule has 1 atom stereocenters. The summed E-state index contributed by atoms with van der Waals surface area (Å²) in [4.78, 5) is 14.3. The van der Waals surface area contributed by atoms with E-state index >= 15 is 0 Å². The SMILES string of the molecule is CCN1CCCC1Cn1c(C)cc(C(=O)CCl)c1C. The third-order valence-electron chi connectivity index (χ3n) is 4.29. The third kappa shape index (κ3) is 2.87. The molecule has 0 saturated carbocycles. The lowest BCUT2D eigenvalue weighted by atomic mass is 10.2. The van der Waals surface area contributed by atoms with Gasteiger partial charge in [0.15, 0.2) is 5.78 Å². The molecule has 0 aromatic carbocycles. The smallest absolute Gasteiger partial charge is 0.179 e. The van der Waals surface area contributed by atoms with E-state index in [1.165, 1.54) is 19.4 Å². The molecular formula is C15H23ClN2O. The molecule has 1 unspecified atom stereocenters. The highest BCUT2D eigenvalue weighted by Gasteiger charge is 2.25. The van der Waals surface area contributed by atoms with Crippen LogP contribution in [0.15, 0.2) is 6.07 Å². The van der Waals surface area contributed by atoms with Crippen molar-refractivity contribution < 1.29 is 4.79 Å². The highest BCUT2D eigenvalue weighted by molar-refractivity contribution is 6.30. The van der Waals surface area contributed by atoms with Gasteiger partial charge in [-0.05, 0) is 45.8 Å². The van der Waals surface area contributed by atoms with Gasteiger partial charge in [0.05, 0.1) is 5.88 Å². The van der Waals surface area contributed by atoms with Crippen molar-refractivity contribution in [3.05, 3.63) is 23.0 Å². The van der Waals surface area contributed by atoms with Crippen LogP contribution in [0.1, 0.15) is 41.5 Å². The summed E-state index contributed by atoms with van der Waals surface area (Å²) in [7, 11) is 0. The zero-order chi connectivity index (χ0) is 14.0. The third-order valence-corrected chi connectivity index (χ3v) is 4.54. The summed E-state index contributed by atoms with van der Waals surface area (Å²) in [5.74, 6) is 0.0919. The van der Waals surface area contributed by atoms with Gasteiger partial charge in [-0.25, -0.2) is 0 Å². The molecule has 4 heteroatoms. The molecular weight excluding hydrogens is 260 g/mol. The highest BCUT2D eigenvalue weighted by Crippen LogP contribution is 2.22. The number of likely N-dealkylation sites (N-methyl/N-ethyl adjacent to an activating group) is 1. The number of aryl methyl sites for hydroxylation is 1. The second-order valence-electron chi connectivity index (χ2n) is 5.38. The molecule has 0 spiro atoms. The second-order valence-corrected chi connectivity index (χ2v) is 5.64. The Labute approximate surface area is 120 Å². The van der Waals surface area contributed by atoms with Crippen molar-refractivity contribution in [2.75, 3.05) is 19.0 Å². The second kappa shape index (κ2) is 6.10. The van der Waals surface area contributed by atoms with Gasteiger partial charge in [0.2, 0.25) is 0 Å². The Morgan fingerprint density at radius 1 is 1.47 bits per heavy atom. The predicted octanol–water partition coefficient (Wildman–Crippen LogP) is 3.01. The average molecular weight is 283 g/mol. The molecule has 0 aliphatic carbocycles. The topological polar surface area (TPSA) is 25.2 Å². The van der Waals surface area contributed by atoms with Crippen molar-refractivity contribution in [1.29, 1.82) is 0 Å². The number of halogens is 1. The minimum atomic E-state index is 0.0276. The van der Waals surface area contributed by atoms with Gasteiger partial charge in [0.1, 0.15) is 0 Å². The highest BCUT2D eigenvalue weighted by atomic mass is 35.5. The van der Waals surface area contributed by atoms with Crippen LogP contribution in [0.5, 0.6) is 0 Å². The number of nitrogens with zero attached hydrogens (tertiary/aromatic N) is 2. The number of ketones is 1. The minimum absolute atomic E-state index is 0.0276. The van der Waals surface area contributed by atoms with E-state index in [-0.39, 0.29) is 11.7 Å². The summed E-state index contributed by atoms with van der Waals surface area (Å²) in [5.41, 5.74) is 3.01. The average Bonchev–Trinajstić information content (AvgIpc) is 2.97. The molecule has 1 aliphatic heterocycles. The molecule has 0 bridgehead atoms. The van der Waals surface area contributed by atoms with Gasteiger partial charge in [0, 0.05) is 29.5 Å². The zero-order valence-electron chi connectivity index (χ0n) is 12.1. The van der Waals surface area contributed by atoms with Crippen molar-refractivity contribution >= 4 is 17.4 Å². The standard InChI is InChI=1S/C15H23ClN2O/c1-4-17-7-5-6-13(17)10-18-11(2)8-14(12(18)3)15(19)9-16/h8,13H,4-7,9-10H2,1-3H3. The van der Waals surface area contributed by atoms with E-state index < -0.39 is 0 Å². The molecule has 2 rings (SSSR count). The summed E-state index contributed by atoms with van der Waals surface area (Å²) in [6.45, 7) is 9.62. The zero-order valence-corrected chi connectivity index (χ0v) is 12.8. The quantitative estimate of drug-likeness (QED) is 0.613. The van der Waals surface area contributed by atoms with E-state index in [4.69, 9.17) is 11.6 Å². The number of alkyl halides is 1. The van der Waals surface area contributed by atoms with Crippen LogP contribution < -0.4 is 0 Å². The van der Waals surface area contributed by atoms with Crippen molar-refractivity contribution in [2.45, 2.75) is 46.2 Å². The first-order chi connectivity index (χ1) is 9.08. The first kappa shape index (κ1) is 14.6. The van der Waals surface area contributed by atoms with Crippen molar-refractivity contribution in [3.8, 4) is 0 Å².